The monoisotopic (exact) mass is 406 g/mol. The third kappa shape index (κ3) is 4.36. The molecule has 0 aliphatic heterocycles. The van der Waals surface area contributed by atoms with Gasteiger partial charge >= 0.3 is 6.18 Å². The van der Waals surface area contributed by atoms with Crippen molar-refractivity contribution in [3.8, 4) is 5.75 Å². The van der Waals surface area contributed by atoms with E-state index in [0.717, 1.165) is 12.1 Å². The fourth-order valence-corrected chi connectivity index (χ4v) is 2.90. The Morgan fingerprint density at radius 2 is 1.90 bits per heavy atom. The number of non-ortho nitro benzene ring substituents is 1. The number of alkyl halides is 3. The van der Waals surface area contributed by atoms with Gasteiger partial charge < -0.3 is 10.1 Å². The molecule has 0 radical (unpaired) electrons. The van der Waals surface area contributed by atoms with Crippen molar-refractivity contribution in [2.45, 2.75) is 26.1 Å². The molecule has 0 bridgehead atoms. The summed E-state index contributed by atoms with van der Waals surface area (Å²) in [5.41, 5.74) is -0.994. The summed E-state index contributed by atoms with van der Waals surface area (Å²) in [6.07, 6.45) is -4.70. The van der Waals surface area contributed by atoms with Gasteiger partial charge in [-0.05, 0) is 37.6 Å². The summed E-state index contributed by atoms with van der Waals surface area (Å²) in [6, 6.07) is 7.01. The summed E-state index contributed by atoms with van der Waals surface area (Å²) in [4.78, 5) is 18.9. The molecule has 0 unspecified atom stereocenters. The second-order valence-corrected chi connectivity index (χ2v) is 6.44. The van der Waals surface area contributed by atoms with Crippen LogP contribution in [0.2, 0.25) is 0 Å². The van der Waals surface area contributed by atoms with Gasteiger partial charge in [-0.1, -0.05) is 0 Å². The lowest BCUT2D eigenvalue weighted by atomic mass is 10.0. The van der Waals surface area contributed by atoms with Crippen LogP contribution in [0.5, 0.6) is 5.75 Å². The average Bonchev–Trinajstić information content (AvgIpc) is 2.66. The number of halogens is 3. The first-order valence-electron chi connectivity index (χ1n) is 8.54. The molecule has 2 aromatic carbocycles. The molecule has 0 saturated carbocycles. The van der Waals surface area contributed by atoms with Gasteiger partial charge in [0.05, 0.1) is 29.2 Å². The van der Waals surface area contributed by atoms with Crippen molar-refractivity contribution in [1.29, 1.82) is 0 Å². The fourth-order valence-electron chi connectivity index (χ4n) is 2.90. The maximum Gasteiger partial charge on any atom is 0.416 e. The average molecular weight is 406 g/mol. The zero-order chi connectivity index (χ0) is 21.3. The smallest absolute Gasteiger partial charge is 0.416 e. The number of aromatic nitrogens is 2. The van der Waals surface area contributed by atoms with E-state index in [-0.39, 0.29) is 5.56 Å². The summed E-state index contributed by atoms with van der Waals surface area (Å²) >= 11 is 0. The van der Waals surface area contributed by atoms with Gasteiger partial charge in [0.2, 0.25) is 0 Å². The van der Waals surface area contributed by atoms with E-state index in [9.17, 15) is 23.3 Å². The molecule has 0 saturated heterocycles. The zero-order valence-corrected chi connectivity index (χ0v) is 15.7. The van der Waals surface area contributed by atoms with Crippen LogP contribution >= 0.6 is 0 Å². The lowest BCUT2D eigenvalue weighted by Gasteiger charge is -2.18. The molecule has 3 aromatic rings. The highest BCUT2D eigenvalue weighted by Gasteiger charge is 2.33. The van der Waals surface area contributed by atoms with Crippen molar-refractivity contribution >= 4 is 22.4 Å². The highest BCUT2D eigenvalue weighted by molar-refractivity contribution is 5.90. The Bertz CT molecular complexity index is 1090. The van der Waals surface area contributed by atoms with Crippen molar-refractivity contribution in [3.63, 3.8) is 0 Å². The lowest BCUT2D eigenvalue weighted by molar-refractivity contribution is -0.385. The van der Waals surface area contributed by atoms with Gasteiger partial charge in [-0.15, -0.1) is 0 Å². The first-order valence-corrected chi connectivity index (χ1v) is 8.54. The van der Waals surface area contributed by atoms with E-state index in [1.165, 1.54) is 7.11 Å². The third-order valence-electron chi connectivity index (χ3n) is 4.35. The van der Waals surface area contributed by atoms with Gasteiger partial charge in [-0.3, -0.25) is 10.1 Å². The predicted molar refractivity (Wildman–Crippen MR) is 101 cm³/mol. The summed E-state index contributed by atoms with van der Waals surface area (Å²) in [5, 5.41) is 14.8. The number of nitro benzene ring substituents is 1. The molecule has 1 atom stereocenters. The molecule has 10 heteroatoms. The number of nitrogens with zero attached hydrogens (tertiary/aromatic N) is 3. The number of methoxy groups -OCH3 is 1. The molecule has 7 nitrogen and oxygen atoms in total. The molecule has 1 aromatic heterocycles. The van der Waals surface area contributed by atoms with Crippen LogP contribution in [-0.2, 0) is 6.18 Å². The topological polar surface area (TPSA) is 90.2 Å². The standard InChI is InChI=1S/C19H17F3N4O3/c1-10(12-6-13(19(20,21)22)8-14(7-12)26(27)28)23-18-16-5-4-15(29-3)9-17(16)24-11(2)25-18/h4-10H,1-3H3,(H,23,24,25)/t10-/m1/s1. The Hall–Kier alpha value is -3.43. The molecule has 0 amide bonds. The molecule has 0 spiro atoms. The minimum absolute atomic E-state index is 0.115. The SMILES string of the molecule is COc1ccc2c(N[C@H](C)c3cc([N+](=O)[O-])cc(C(F)(F)F)c3)nc(C)nc2c1. The molecule has 0 aliphatic rings. The second-order valence-electron chi connectivity index (χ2n) is 6.44. The van der Waals surface area contributed by atoms with E-state index in [1.807, 2.05) is 0 Å². The van der Waals surface area contributed by atoms with Crippen LogP contribution in [0.1, 0.15) is 29.9 Å². The minimum Gasteiger partial charge on any atom is -0.497 e. The summed E-state index contributed by atoms with van der Waals surface area (Å²) < 4.78 is 44.7. The Balaban J connectivity index is 2.03. The van der Waals surface area contributed by atoms with E-state index in [0.29, 0.717) is 34.4 Å². The first kappa shape index (κ1) is 20.3. The van der Waals surface area contributed by atoms with Crippen LogP contribution in [0.4, 0.5) is 24.7 Å². The number of hydrogen-bond donors (Lipinski definition) is 1. The van der Waals surface area contributed by atoms with Gasteiger partial charge in [-0.2, -0.15) is 13.2 Å². The lowest BCUT2D eigenvalue weighted by Crippen LogP contribution is -2.12. The Morgan fingerprint density at radius 3 is 2.52 bits per heavy atom. The van der Waals surface area contributed by atoms with Crippen molar-refractivity contribution in [1.82, 2.24) is 9.97 Å². The van der Waals surface area contributed by atoms with Crippen LogP contribution in [0.3, 0.4) is 0 Å². The van der Waals surface area contributed by atoms with E-state index < -0.39 is 28.4 Å². The molecule has 152 valence electrons. The number of hydrogen-bond acceptors (Lipinski definition) is 6. The molecule has 0 aliphatic carbocycles. The van der Waals surface area contributed by atoms with Gasteiger partial charge in [0.15, 0.2) is 0 Å². The van der Waals surface area contributed by atoms with E-state index in [2.05, 4.69) is 15.3 Å². The van der Waals surface area contributed by atoms with Crippen LogP contribution < -0.4 is 10.1 Å². The van der Waals surface area contributed by atoms with Crippen molar-refractivity contribution < 1.29 is 22.8 Å². The molecule has 3 rings (SSSR count). The van der Waals surface area contributed by atoms with Crippen LogP contribution in [0.15, 0.2) is 36.4 Å². The van der Waals surface area contributed by atoms with Crippen molar-refractivity contribution in [3.05, 3.63) is 63.5 Å². The summed E-state index contributed by atoms with van der Waals surface area (Å²) in [6.45, 7) is 3.29. The molecule has 1 N–H and O–H groups in total. The van der Waals surface area contributed by atoms with Gasteiger partial charge in [-0.25, -0.2) is 9.97 Å². The number of nitrogens with one attached hydrogen (secondary N) is 1. The number of ether oxygens (including phenoxy) is 1. The van der Waals surface area contributed by atoms with Crippen molar-refractivity contribution in [2.75, 3.05) is 12.4 Å². The zero-order valence-electron chi connectivity index (χ0n) is 15.7. The number of rotatable bonds is 5. The fraction of sp³-hybridized carbons (Fsp3) is 0.263. The predicted octanol–water partition coefficient (Wildman–Crippen LogP) is 5.05. The maximum atomic E-state index is 13.2. The summed E-state index contributed by atoms with van der Waals surface area (Å²) in [7, 11) is 1.52. The first-order chi connectivity index (χ1) is 13.6. The second kappa shape index (κ2) is 7.53. The van der Waals surface area contributed by atoms with E-state index in [4.69, 9.17) is 4.74 Å². The van der Waals surface area contributed by atoms with Crippen LogP contribution in [-0.4, -0.2) is 22.0 Å². The number of nitro groups is 1. The van der Waals surface area contributed by atoms with Gasteiger partial charge in [0.1, 0.15) is 17.4 Å². The molecular formula is C19H17F3N4O3. The largest absolute Gasteiger partial charge is 0.497 e. The quantitative estimate of drug-likeness (QED) is 0.471. The molecule has 0 fully saturated rings. The molecule has 1 heterocycles. The third-order valence-corrected chi connectivity index (χ3v) is 4.35. The highest BCUT2D eigenvalue weighted by Crippen LogP contribution is 2.35. The molecule has 29 heavy (non-hydrogen) atoms. The normalized spacial score (nSPS) is 12.6. The van der Waals surface area contributed by atoms with Crippen molar-refractivity contribution in [2.24, 2.45) is 0 Å². The maximum absolute atomic E-state index is 13.2. The highest BCUT2D eigenvalue weighted by atomic mass is 19.4. The van der Waals surface area contributed by atoms with Gasteiger partial charge in [0, 0.05) is 23.6 Å². The number of anilines is 1. The Morgan fingerprint density at radius 1 is 1.17 bits per heavy atom. The Kier molecular flexibility index (Phi) is 5.27. The van der Waals surface area contributed by atoms with E-state index in [1.54, 1.807) is 32.0 Å². The number of fused-ring (bicyclic) bond motifs is 1. The van der Waals surface area contributed by atoms with Crippen LogP contribution in [0.25, 0.3) is 10.9 Å². The van der Waals surface area contributed by atoms with Crippen LogP contribution in [0, 0.1) is 17.0 Å². The van der Waals surface area contributed by atoms with Gasteiger partial charge in [0.25, 0.3) is 5.69 Å². The summed E-state index contributed by atoms with van der Waals surface area (Å²) in [5.74, 6) is 1.46. The minimum atomic E-state index is -4.70. The Labute approximate surface area is 163 Å². The molecular weight excluding hydrogens is 389 g/mol. The van der Waals surface area contributed by atoms with E-state index >= 15 is 0 Å². The number of benzene rings is 2. The number of aryl methyl sites for hydroxylation is 1.